The van der Waals surface area contributed by atoms with Crippen molar-refractivity contribution < 1.29 is 0 Å². The highest BCUT2D eigenvalue weighted by atomic mass is 15.3. The summed E-state index contributed by atoms with van der Waals surface area (Å²) in [5, 5.41) is 4.27. The fraction of sp³-hybridized carbons (Fsp3) is 0.350. The van der Waals surface area contributed by atoms with Gasteiger partial charge in [0.15, 0.2) is 0 Å². The molecule has 2 aromatic heterocycles. The molecule has 26 heavy (non-hydrogen) atoms. The van der Waals surface area contributed by atoms with Crippen LogP contribution in [0, 0.1) is 6.92 Å². The van der Waals surface area contributed by atoms with Crippen LogP contribution in [0.2, 0.25) is 0 Å². The van der Waals surface area contributed by atoms with Gasteiger partial charge in [-0.05, 0) is 31.0 Å². The maximum absolute atomic E-state index is 4.86. The predicted octanol–water partition coefficient (Wildman–Crippen LogP) is 2.90. The molecule has 0 atom stereocenters. The summed E-state index contributed by atoms with van der Waals surface area (Å²) in [4.78, 5) is 14.2. The number of benzene rings is 1. The normalized spacial score (nSPS) is 15.2. The summed E-state index contributed by atoms with van der Waals surface area (Å²) in [6.07, 6.45) is 6.87. The fourth-order valence-corrected chi connectivity index (χ4v) is 3.44. The van der Waals surface area contributed by atoms with Crippen LogP contribution in [0.25, 0.3) is 11.3 Å². The van der Waals surface area contributed by atoms with E-state index < -0.39 is 0 Å². The van der Waals surface area contributed by atoms with Gasteiger partial charge in [-0.2, -0.15) is 5.10 Å². The van der Waals surface area contributed by atoms with E-state index in [0.717, 1.165) is 55.4 Å². The molecule has 6 heteroatoms. The van der Waals surface area contributed by atoms with Crippen LogP contribution >= 0.6 is 0 Å². The van der Waals surface area contributed by atoms with E-state index >= 15 is 0 Å². The lowest BCUT2D eigenvalue weighted by Crippen LogP contribution is -2.31. The molecule has 6 nitrogen and oxygen atoms in total. The lowest BCUT2D eigenvalue weighted by Gasteiger charge is -2.24. The fourth-order valence-electron chi connectivity index (χ4n) is 3.44. The summed E-state index contributed by atoms with van der Waals surface area (Å²) in [5.74, 6) is 0.810. The predicted molar refractivity (Wildman–Crippen MR) is 104 cm³/mol. The van der Waals surface area contributed by atoms with Gasteiger partial charge in [0.1, 0.15) is 0 Å². The van der Waals surface area contributed by atoms with Gasteiger partial charge in [0.05, 0.1) is 11.9 Å². The third kappa shape index (κ3) is 3.40. The van der Waals surface area contributed by atoms with Crippen LogP contribution in [-0.4, -0.2) is 45.9 Å². The highest BCUT2D eigenvalue weighted by molar-refractivity contribution is 5.62. The maximum Gasteiger partial charge on any atom is 0.225 e. The van der Waals surface area contributed by atoms with E-state index in [-0.39, 0.29) is 0 Å². The molecular weight excluding hydrogens is 324 g/mol. The van der Waals surface area contributed by atoms with Crippen LogP contribution in [0.15, 0.2) is 48.9 Å². The van der Waals surface area contributed by atoms with Crippen molar-refractivity contribution in [2.24, 2.45) is 7.05 Å². The highest BCUT2D eigenvalue weighted by Gasteiger charge is 2.18. The zero-order valence-electron chi connectivity index (χ0n) is 15.3. The van der Waals surface area contributed by atoms with Crippen molar-refractivity contribution in [1.29, 1.82) is 0 Å². The summed E-state index contributed by atoms with van der Waals surface area (Å²) in [5.41, 5.74) is 4.36. The van der Waals surface area contributed by atoms with E-state index in [1.165, 1.54) is 5.69 Å². The first-order chi connectivity index (χ1) is 12.7. The molecule has 0 aliphatic carbocycles. The van der Waals surface area contributed by atoms with E-state index in [0.29, 0.717) is 0 Å². The zero-order chi connectivity index (χ0) is 17.9. The molecule has 1 aliphatic rings. The molecule has 1 saturated heterocycles. The molecule has 0 bridgehead atoms. The summed E-state index contributed by atoms with van der Waals surface area (Å²) in [6.45, 7) is 5.97. The Morgan fingerprint density at radius 2 is 1.69 bits per heavy atom. The number of nitrogens with zero attached hydrogens (tertiary/aromatic N) is 6. The number of hydrogen-bond acceptors (Lipinski definition) is 5. The summed E-state index contributed by atoms with van der Waals surface area (Å²) in [6, 6.07) is 10.6. The van der Waals surface area contributed by atoms with Gasteiger partial charge in [-0.25, -0.2) is 9.97 Å². The minimum absolute atomic E-state index is 0.810. The van der Waals surface area contributed by atoms with Crippen LogP contribution in [0.3, 0.4) is 0 Å². The van der Waals surface area contributed by atoms with E-state index in [2.05, 4.69) is 50.2 Å². The van der Waals surface area contributed by atoms with E-state index in [1.54, 1.807) is 4.68 Å². The van der Waals surface area contributed by atoms with Crippen LogP contribution in [0.5, 0.6) is 0 Å². The second kappa shape index (κ2) is 7.15. The van der Waals surface area contributed by atoms with Gasteiger partial charge in [0, 0.05) is 56.9 Å². The maximum atomic E-state index is 4.86. The highest BCUT2D eigenvalue weighted by Crippen LogP contribution is 2.23. The average Bonchev–Trinajstić information content (AvgIpc) is 2.95. The summed E-state index contributed by atoms with van der Waals surface area (Å²) < 4.78 is 1.81. The molecule has 0 N–H and O–H groups in total. The third-order valence-corrected chi connectivity index (χ3v) is 4.84. The third-order valence-electron chi connectivity index (χ3n) is 4.84. The van der Waals surface area contributed by atoms with Crippen LogP contribution in [-0.2, 0) is 7.05 Å². The van der Waals surface area contributed by atoms with E-state index in [1.807, 2.05) is 32.6 Å². The number of rotatable bonds is 3. The van der Waals surface area contributed by atoms with Crippen molar-refractivity contribution in [3.63, 3.8) is 0 Å². The average molecular weight is 348 g/mol. The minimum atomic E-state index is 0.810. The first-order valence-corrected chi connectivity index (χ1v) is 9.08. The van der Waals surface area contributed by atoms with Crippen LogP contribution in [0.4, 0.5) is 11.6 Å². The molecule has 0 saturated carbocycles. The number of aromatic nitrogens is 4. The van der Waals surface area contributed by atoms with Crippen molar-refractivity contribution >= 4 is 11.6 Å². The summed E-state index contributed by atoms with van der Waals surface area (Å²) >= 11 is 0. The molecule has 0 spiro atoms. The lowest BCUT2D eigenvalue weighted by atomic mass is 10.1. The molecule has 1 aliphatic heterocycles. The first kappa shape index (κ1) is 16.6. The molecule has 0 unspecified atom stereocenters. The standard InChI is InChI=1S/C20H24N6/c1-16-13-21-20(23-19(16)17-14-22-24(2)15-17)26-10-6-9-25(11-12-26)18-7-4-3-5-8-18/h3-5,7-8,13-15H,6,9-12H2,1-2H3. The zero-order valence-corrected chi connectivity index (χ0v) is 15.3. The van der Waals surface area contributed by atoms with Gasteiger partial charge < -0.3 is 9.80 Å². The molecule has 134 valence electrons. The summed E-state index contributed by atoms with van der Waals surface area (Å²) in [7, 11) is 1.92. The largest absolute Gasteiger partial charge is 0.370 e. The number of aryl methyl sites for hydroxylation is 2. The number of anilines is 2. The molecule has 3 aromatic rings. The quantitative estimate of drug-likeness (QED) is 0.728. The van der Waals surface area contributed by atoms with E-state index in [9.17, 15) is 0 Å². The van der Waals surface area contributed by atoms with Gasteiger partial charge in [-0.1, -0.05) is 18.2 Å². The Labute approximate surface area is 154 Å². The Morgan fingerprint density at radius 3 is 2.46 bits per heavy atom. The second-order valence-corrected chi connectivity index (χ2v) is 6.77. The van der Waals surface area contributed by atoms with Crippen molar-refractivity contribution in [3.05, 3.63) is 54.5 Å². The Kier molecular flexibility index (Phi) is 4.56. The van der Waals surface area contributed by atoms with Gasteiger partial charge in [-0.3, -0.25) is 4.68 Å². The molecular formula is C20H24N6. The Bertz CT molecular complexity index is 873. The van der Waals surface area contributed by atoms with Gasteiger partial charge in [0.2, 0.25) is 5.95 Å². The second-order valence-electron chi connectivity index (χ2n) is 6.77. The van der Waals surface area contributed by atoms with Crippen LogP contribution < -0.4 is 9.80 Å². The van der Waals surface area contributed by atoms with Crippen LogP contribution in [0.1, 0.15) is 12.0 Å². The van der Waals surface area contributed by atoms with Crippen molar-refractivity contribution in [1.82, 2.24) is 19.7 Å². The first-order valence-electron chi connectivity index (χ1n) is 9.08. The van der Waals surface area contributed by atoms with E-state index in [4.69, 9.17) is 4.98 Å². The van der Waals surface area contributed by atoms with Gasteiger partial charge >= 0.3 is 0 Å². The Hall–Kier alpha value is -2.89. The minimum Gasteiger partial charge on any atom is -0.370 e. The molecule has 0 amide bonds. The van der Waals surface area contributed by atoms with Gasteiger partial charge in [0.25, 0.3) is 0 Å². The number of para-hydroxylation sites is 1. The molecule has 1 aromatic carbocycles. The Balaban J connectivity index is 1.54. The molecule has 4 rings (SSSR count). The SMILES string of the molecule is Cc1cnc(N2CCCN(c3ccccc3)CC2)nc1-c1cnn(C)c1. The smallest absolute Gasteiger partial charge is 0.225 e. The van der Waals surface area contributed by atoms with Crippen molar-refractivity contribution in [2.45, 2.75) is 13.3 Å². The topological polar surface area (TPSA) is 50.1 Å². The Morgan fingerprint density at radius 1 is 0.923 bits per heavy atom. The number of hydrogen-bond donors (Lipinski definition) is 0. The van der Waals surface area contributed by atoms with Gasteiger partial charge in [-0.15, -0.1) is 0 Å². The lowest BCUT2D eigenvalue weighted by molar-refractivity contribution is 0.767. The van der Waals surface area contributed by atoms with Crippen molar-refractivity contribution in [3.8, 4) is 11.3 Å². The molecule has 1 fully saturated rings. The monoisotopic (exact) mass is 348 g/mol. The molecule has 3 heterocycles. The van der Waals surface area contributed by atoms with Crippen molar-refractivity contribution in [2.75, 3.05) is 36.0 Å². The molecule has 0 radical (unpaired) electrons.